The molecular weight excluding hydrogens is 276 g/mol. The van der Waals surface area contributed by atoms with Gasteiger partial charge in [-0.1, -0.05) is 37.1 Å². The van der Waals surface area contributed by atoms with Crippen molar-refractivity contribution in [2.45, 2.75) is 52.0 Å². The average molecular weight is 298 g/mol. The molecule has 0 aliphatic heterocycles. The van der Waals surface area contributed by atoms with Crippen LogP contribution in [0.2, 0.25) is 0 Å². The van der Waals surface area contributed by atoms with Gasteiger partial charge in [-0.05, 0) is 43.9 Å². The van der Waals surface area contributed by atoms with Crippen LogP contribution in [0.1, 0.15) is 54.4 Å². The number of aryl methyl sites for hydroxylation is 1. The molecule has 0 spiro atoms. The molecule has 1 amide bonds. The number of aromatic nitrogens is 3. The summed E-state index contributed by atoms with van der Waals surface area (Å²) in [4.78, 5) is 12.3. The van der Waals surface area contributed by atoms with E-state index in [0.29, 0.717) is 11.7 Å². The molecule has 1 aromatic carbocycles. The summed E-state index contributed by atoms with van der Waals surface area (Å²) < 4.78 is 1.73. The molecule has 3 rings (SSSR count). The van der Waals surface area contributed by atoms with E-state index in [4.69, 9.17) is 0 Å². The van der Waals surface area contributed by atoms with Gasteiger partial charge in [0.15, 0.2) is 5.69 Å². The van der Waals surface area contributed by atoms with E-state index in [2.05, 4.69) is 34.7 Å². The van der Waals surface area contributed by atoms with Crippen LogP contribution in [0.3, 0.4) is 0 Å². The summed E-state index contributed by atoms with van der Waals surface area (Å²) in [5.74, 6) is -0.110. The van der Waals surface area contributed by atoms with E-state index in [1.165, 1.54) is 18.4 Å². The minimum atomic E-state index is -0.110. The number of rotatable bonds is 4. The molecule has 0 unspecified atom stereocenters. The molecule has 1 aromatic heterocycles. The van der Waals surface area contributed by atoms with Crippen molar-refractivity contribution < 1.29 is 4.79 Å². The number of nitrogens with zero attached hydrogens (tertiary/aromatic N) is 3. The van der Waals surface area contributed by atoms with Crippen molar-refractivity contribution in [3.8, 4) is 5.69 Å². The second-order valence-corrected chi connectivity index (χ2v) is 5.91. The van der Waals surface area contributed by atoms with Gasteiger partial charge >= 0.3 is 0 Å². The van der Waals surface area contributed by atoms with E-state index >= 15 is 0 Å². The van der Waals surface area contributed by atoms with E-state index in [-0.39, 0.29) is 5.91 Å². The third kappa shape index (κ3) is 2.89. The van der Waals surface area contributed by atoms with Crippen molar-refractivity contribution in [1.29, 1.82) is 0 Å². The van der Waals surface area contributed by atoms with Gasteiger partial charge in [-0.3, -0.25) is 4.79 Å². The Hall–Kier alpha value is -2.17. The first-order chi connectivity index (χ1) is 10.7. The summed E-state index contributed by atoms with van der Waals surface area (Å²) >= 11 is 0. The minimum Gasteiger partial charge on any atom is -0.348 e. The molecule has 2 aromatic rings. The maximum Gasteiger partial charge on any atom is 0.273 e. The highest BCUT2D eigenvalue weighted by atomic mass is 16.2. The first kappa shape index (κ1) is 14.8. The number of hydrogen-bond donors (Lipinski definition) is 1. The van der Waals surface area contributed by atoms with Gasteiger partial charge in [-0.25, -0.2) is 4.68 Å². The zero-order valence-electron chi connectivity index (χ0n) is 13.2. The van der Waals surface area contributed by atoms with Crippen LogP contribution >= 0.6 is 0 Å². The first-order valence-electron chi connectivity index (χ1n) is 8.01. The normalized spacial score (nSPS) is 15.2. The lowest BCUT2D eigenvalue weighted by molar-refractivity contribution is 0.0932. The van der Waals surface area contributed by atoms with Crippen LogP contribution in [0, 0.1) is 6.92 Å². The number of hydrogen-bond acceptors (Lipinski definition) is 3. The maximum atomic E-state index is 12.3. The number of nitrogens with one attached hydrogen (secondary N) is 1. The third-order valence-electron chi connectivity index (χ3n) is 4.39. The van der Waals surface area contributed by atoms with Crippen LogP contribution in [0.25, 0.3) is 5.69 Å². The van der Waals surface area contributed by atoms with Crippen molar-refractivity contribution in [1.82, 2.24) is 20.3 Å². The molecule has 5 heteroatoms. The zero-order valence-corrected chi connectivity index (χ0v) is 13.2. The molecule has 0 atom stereocenters. The third-order valence-corrected chi connectivity index (χ3v) is 4.39. The summed E-state index contributed by atoms with van der Waals surface area (Å²) in [5, 5.41) is 11.3. The number of carbonyl (C=O) groups excluding carboxylic acids is 1. The van der Waals surface area contributed by atoms with Gasteiger partial charge in [-0.2, -0.15) is 0 Å². The van der Waals surface area contributed by atoms with Gasteiger partial charge in [0.05, 0.1) is 11.4 Å². The number of carbonyl (C=O) groups is 1. The SMILES string of the molecule is CCc1ccc(-n2nnc(C(=O)NC3CCCC3)c2C)cc1. The quantitative estimate of drug-likeness (QED) is 0.944. The maximum absolute atomic E-state index is 12.3. The Morgan fingerprint density at radius 2 is 1.95 bits per heavy atom. The van der Waals surface area contributed by atoms with E-state index in [1.54, 1.807) is 4.68 Å². The Bertz CT molecular complexity index is 654. The van der Waals surface area contributed by atoms with Crippen LogP contribution in [-0.2, 0) is 6.42 Å². The second kappa shape index (κ2) is 6.30. The van der Waals surface area contributed by atoms with Crippen molar-refractivity contribution in [3.63, 3.8) is 0 Å². The van der Waals surface area contributed by atoms with Crippen LogP contribution in [0.5, 0.6) is 0 Å². The fraction of sp³-hybridized carbons (Fsp3) is 0.471. The van der Waals surface area contributed by atoms with Crippen LogP contribution in [-0.4, -0.2) is 26.9 Å². The molecule has 0 radical (unpaired) electrons. The highest BCUT2D eigenvalue weighted by molar-refractivity contribution is 5.93. The van der Waals surface area contributed by atoms with E-state index in [1.807, 2.05) is 19.1 Å². The largest absolute Gasteiger partial charge is 0.348 e. The minimum absolute atomic E-state index is 0.110. The predicted molar refractivity (Wildman–Crippen MR) is 85.2 cm³/mol. The lowest BCUT2D eigenvalue weighted by atomic mass is 10.1. The molecule has 5 nitrogen and oxygen atoms in total. The number of amides is 1. The summed E-state index contributed by atoms with van der Waals surface area (Å²) in [6.07, 6.45) is 5.53. The van der Waals surface area contributed by atoms with E-state index < -0.39 is 0 Å². The smallest absolute Gasteiger partial charge is 0.273 e. The molecule has 1 N–H and O–H groups in total. The van der Waals surface area contributed by atoms with E-state index in [9.17, 15) is 4.79 Å². The highest BCUT2D eigenvalue weighted by Gasteiger charge is 2.22. The lowest BCUT2D eigenvalue weighted by Gasteiger charge is -2.10. The fourth-order valence-corrected chi connectivity index (χ4v) is 2.98. The standard InChI is InChI=1S/C17H22N4O/c1-3-13-8-10-15(11-9-13)21-12(2)16(19-20-21)17(22)18-14-6-4-5-7-14/h8-11,14H,3-7H2,1-2H3,(H,18,22). The van der Waals surface area contributed by atoms with Gasteiger partial charge < -0.3 is 5.32 Å². The molecule has 1 heterocycles. The van der Waals surface area contributed by atoms with Crippen molar-refractivity contribution in [3.05, 3.63) is 41.2 Å². The molecule has 1 aliphatic carbocycles. The van der Waals surface area contributed by atoms with Gasteiger partial charge in [0.2, 0.25) is 0 Å². The summed E-state index contributed by atoms with van der Waals surface area (Å²) in [5.41, 5.74) is 3.41. The summed E-state index contributed by atoms with van der Waals surface area (Å²) in [7, 11) is 0. The number of benzene rings is 1. The van der Waals surface area contributed by atoms with Crippen molar-refractivity contribution in [2.24, 2.45) is 0 Å². The molecule has 22 heavy (non-hydrogen) atoms. The lowest BCUT2D eigenvalue weighted by Crippen LogP contribution is -2.33. The fourth-order valence-electron chi connectivity index (χ4n) is 2.98. The second-order valence-electron chi connectivity index (χ2n) is 5.91. The van der Waals surface area contributed by atoms with Gasteiger partial charge in [0.25, 0.3) is 5.91 Å². The van der Waals surface area contributed by atoms with Gasteiger partial charge in [-0.15, -0.1) is 5.10 Å². The molecule has 1 aliphatic rings. The molecule has 1 fully saturated rings. The van der Waals surface area contributed by atoms with Crippen LogP contribution in [0.4, 0.5) is 0 Å². The van der Waals surface area contributed by atoms with Gasteiger partial charge in [0, 0.05) is 6.04 Å². The Labute approximate surface area is 130 Å². The summed E-state index contributed by atoms with van der Waals surface area (Å²) in [6.45, 7) is 4.01. The topological polar surface area (TPSA) is 59.8 Å². The molecular formula is C17H22N4O. The molecule has 0 saturated heterocycles. The van der Waals surface area contributed by atoms with Crippen molar-refractivity contribution in [2.75, 3.05) is 0 Å². The van der Waals surface area contributed by atoms with Crippen LogP contribution < -0.4 is 5.32 Å². The monoisotopic (exact) mass is 298 g/mol. The molecule has 0 bridgehead atoms. The predicted octanol–water partition coefficient (Wildman–Crippen LogP) is 2.81. The molecule has 116 valence electrons. The first-order valence-corrected chi connectivity index (χ1v) is 8.01. The Kier molecular flexibility index (Phi) is 4.22. The Morgan fingerprint density at radius 3 is 2.59 bits per heavy atom. The molecule has 1 saturated carbocycles. The summed E-state index contributed by atoms with van der Waals surface area (Å²) in [6, 6.07) is 8.47. The zero-order chi connectivity index (χ0) is 15.5. The average Bonchev–Trinajstić information content (AvgIpc) is 3.17. The van der Waals surface area contributed by atoms with E-state index in [0.717, 1.165) is 30.6 Å². The highest BCUT2D eigenvalue weighted by Crippen LogP contribution is 2.19. The Balaban J connectivity index is 1.79. The van der Waals surface area contributed by atoms with Gasteiger partial charge in [0.1, 0.15) is 0 Å². The van der Waals surface area contributed by atoms with Crippen molar-refractivity contribution >= 4 is 5.91 Å². The van der Waals surface area contributed by atoms with Crippen LogP contribution in [0.15, 0.2) is 24.3 Å². The Morgan fingerprint density at radius 1 is 1.27 bits per heavy atom.